The first kappa shape index (κ1) is 17.2. The highest BCUT2D eigenvalue weighted by Crippen LogP contribution is 2.23. The monoisotopic (exact) mass is 342 g/mol. The van der Waals surface area contributed by atoms with Crippen molar-refractivity contribution < 1.29 is 19.4 Å². The van der Waals surface area contributed by atoms with Crippen LogP contribution in [0, 0.1) is 6.92 Å². The number of ether oxygens (including phenoxy) is 2. The summed E-state index contributed by atoms with van der Waals surface area (Å²) in [5.74, 6) is 0.294. The zero-order chi connectivity index (χ0) is 17.6. The molecule has 0 spiro atoms. The molecule has 1 saturated heterocycles. The molecule has 1 fully saturated rings. The Bertz CT molecular complexity index is 742. The van der Waals surface area contributed by atoms with E-state index in [-0.39, 0.29) is 11.8 Å². The van der Waals surface area contributed by atoms with E-state index in [2.05, 4.69) is 10.3 Å². The summed E-state index contributed by atoms with van der Waals surface area (Å²) in [5.41, 5.74) is 2.13. The van der Waals surface area contributed by atoms with Crippen LogP contribution in [0.1, 0.15) is 34.5 Å². The van der Waals surface area contributed by atoms with Gasteiger partial charge in [-0.2, -0.15) is 0 Å². The van der Waals surface area contributed by atoms with Crippen molar-refractivity contribution in [3.05, 3.63) is 53.2 Å². The van der Waals surface area contributed by atoms with Crippen LogP contribution in [0.3, 0.4) is 0 Å². The zero-order valence-corrected chi connectivity index (χ0v) is 14.2. The molecule has 1 aliphatic heterocycles. The minimum atomic E-state index is -1.04. The number of aromatic carboxylic acids is 1. The van der Waals surface area contributed by atoms with E-state index in [1.165, 1.54) is 6.07 Å². The highest BCUT2D eigenvalue weighted by Gasteiger charge is 2.17. The number of hydrogen-bond donors (Lipinski definition) is 2. The summed E-state index contributed by atoms with van der Waals surface area (Å²) < 4.78 is 11.6. The molecule has 132 valence electrons. The standard InChI is InChI=1S/C19H22N2O4/c1-13-7-8-14(17(10-13)25-12-15-4-3-9-24-15)11-20-18-6-2-5-16(21-18)19(22)23/h2,5-8,10,15H,3-4,9,11-12H2,1H3,(H,20,21)(H,22,23). The van der Waals surface area contributed by atoms with Crippen LogP contribution in [0.2, 0.25) is 0 Å². The number of benzene rings is 1. The average molecular weight is 342 g/mol. The molecule has 2 aromatic rings. The van der Waals surface area contributed by atoms with Crippen molar-refractivity contribution in [2.75, 3.05) is 18.5 Å². The summed E-state index contributed by atoms with van der Waals surface area (Å²) in [6.45, 7) is 3.87. The molecule has 3 rings (SSSR count). The van der Waals surface area contributed by atoms with Crippen molar-refractivity contribution >= 4 is 11.8 Å². The molecule has 0 amide bonds. The third-order valence-corrected chi connectivity index (χ3v) is 4.10. The van der Waals surface area contributed by atoms with Gasteiger partial charge in [0.05, 0.1) is 6.10 Å². The van der Waals surface area contributed by atoms with Crippen LogP contribution in [-0.4, -0.2) is 35.4 Å². The molecule has 1 aromatic carbocycles. The second-order valence-corrected chi connectivity index (χ2v) is 6.12. The van der Waals surface area contributed by atoms with Crippen LogP contribution >= 0.6 is 0 Å². The summed E-state index contributed by atoms with van der Waals surface area (Å²) >= 11 is 0. The maximum atomic E-state index is 11.0. The van der Waals surface area contributed by atoms with E-state index in [4.69, 9.17) is 14.6 Å². The van der Waals surface area contributed by atoms with Gasteiger partial charge in [0.2, 0.25) is 0 Å². The number of pyridine rings is 1. The van der Waals surface area contributed by atoms with Gasteiger partial charge >= 0.3 is 5.97 Å². The van der Waals surface area contributed by atoms with Gasteiger partial charge in [-0.05, 0) is 43.5 Å². The van der Waals surface area contributed by atoms with Gasteiger partial charge in [-0.15, -0.1) is 0 Å². The molecule has 2 N–H and O–H groups in total. The minimum absolute atomic E-state index is 0.0174. The van der Waals surface area contributed by atoms with Gasteiger partial charge < -0.3 is 19.9 Å². The summed E-state index contributed by atoms with van der Waals surface area (Å²) in [6.07, 6.45) is 2.28. The fourth-order valence-electron chi connectivity index (χ4n) is 2.74. The van der Waals surface area contributed by atoms with E-state index in [9.17, 15) is 4.79 Å². The summed E-state index contributed by atoms with van der Waals surface area (Å²) in [7, 11) is 0. The fraction of sp³-hybridized carbons (Fsp3) is 0.368. The molecule has 25 heavy (non-hydrogen) atoms. The van der Waals surface area contributed by atoms with Gasteiger partial charge in [0.25, 0.3) is 0 Å². The van der Waals surface area contributed by atoms with Crippen molar-refractivity contribution in [1.29, 1.82) is 0 Å². The Morgan fingerprint density at radius 1 is 1.40 bits per heavy atom. The SMILES string of the molecule is Cc1ccc(CNc2cccc(C(=O)O)n2)c(OCC2CCCO2)c1. The Kier molecular flexibility index (Phi) is 5.50. The molecule has 1 aromatic heterocycles. The Morgan fingerprint density at radius 3 is 3.04 bits per heavy atom. The van der Waals surface area contributed by atoms with E-state index >= 15 is 0 Å². The van der Waals surface area contributed by atoms with E-state index in [1.54, 1.807) is 12.1 Å². The first-order chi connectivity index (χ1) is 12.1. The first-order valence-electron chi connectivity index (χ1n) is 8.40. The lowest BCUT2D eigenvalue weighted by molar-refractivity contribution is 0.0676. The van der Waals surface area contributed by atoms with Crippen molar-refractivity contribution in [2.24, 2.45) is 0 Å². The first-order valence-corrected chi connectivity index (χ1v) is 8.40. The van der Waals surface area contributed by atoms with Gasteiger partial charge in [-0.25, -0.2) is 9.78 Å². The number of aryl methyl sites for hydroxylation is 1. The maximum absolute atomic E-state index is 11.0. The van der Waals surface area contributed by atoms with Crippen LogP contribution in [0.25, 0.3) is 0 Å². The smallest absolute Gasteiger partial charge is 0.354 e. The lowest BCUT2D eigenvalue weighted by atomic mass is 10.1. The van der Waals surface area contributed by atoms with Crippen LogP contribution < -0.4 is 10.1 Å². The van der Waals surface area contributed by atoms with Gasteiger partial charge in [-0.1, -0.05) is 18.2 Å². The summed E-state index contributed by atoms with van der Waals surface area (Å²) in [6, 6.07) is 10.9. The quantitative estimate of drug-likeness (QED) is 0.804. The highest BCUT2D eigenvalue weighted by atomic mass is 16.5. The van der Waals surface area contributed by atoms with Gasteiger partial charge in [0.15, 0.2) is 5.69 Å². The summed E-state index contributed by atoms with van der Waals surface area (Å²) in [4.78, 5) is 15.1. The molecule has 6 heteroatoms. The summed E-state index contributed by atoms with van der Waals surface area (Å²) in [5, 5.41) is 12.2. The lowest BCUT2D eigenvalue weighted by Gasteiger charge is -2.16. The maximum Gasteiger partial charge on any atom is 0.354 e. The molecule has 0 radical (unpaired) electrons. The Hall–Kier alpha value is -2.60. The van der Waals surface area contributed by atoms with E-state index in [0.717, 1.165) is 36.3 Å². The number of nitrogens with zero attached hydrogens (tertiary/aromatic N) is 1. The van der Waals surface area contributed by atoms with Crippen molar-refractivity contribution in [3.63, 3.8) is 0 Å². The number of carboxylic acids is 1. The van der Waals surface area contributed by atoms with Gasteiger partial charge in [-0.3, -0.25) is 0 Å². The van der Waals surface area contributed by atoms with E-state index < -0.39 is 5.97 Å². The number of rotatable bonds is 7. The Labute approximate surface area is 146 Å². The number of anilines is 1. The fourth-order valence-corrected chi connectivity index (χ4v) is 2.74. The minimum Gasteiger partial charge on any atom is -0.491 e. The number of aromatic nitrogens is 1. The normalized spacial score (nSPS) is 16.6. The Balaban J connectivity index is 1.66. The van der Waals surface area contributed by atoms with Crippen LogP contribution in [0.4, 0.5) is 5.82 Å². The predicted octanol–water partition coefficient (Wildman–Crippen LogP) is 3.26. The number of nitrogens with one attached hydrogen (secondary N) is 1. The van der Waals surface area contributed by atoms with Crippen molar-refractivity contribution in [3.8, 4) is 5.75 Å². The molecule has 1 unspecified atom stereocenters. The number of hydrogen-bond acceptors (Lipinski definition) is 5. The largest absolute Gasteiger partial charge is 0.491 e. The molecular weight excluding hydrogens is 320 g/mol. The zero-order valence-electron chi connectivity index (χ0n) is 14.2. The molecule has 1 aliphatic rings. The van der Waals surface area contributed by atoms with Crippen molar-refractivity contribution in [1.82, 2.24) is 4.98 Å². The molecule has 2 heterocycles. The predicted molar refractivity (Wildman–Crippen MR) is 94.2 cm³/mol. The average Bonchev–Trinajstić information content (AvgIpc) is 3.13. The number of carbonyl (C=O) groups is 1. The van der Waals surface area contributed by atoms with Crippen LogP contribution in [0.5, 0.6) is 5.75 Å². The molecule has 0 bridgehead atoms. The Morgan fingerprint density at radius 2 is 2.28 bits per heavy atom. The van der Waals surface area contributed by atoms with Crippen LogP contribution in [-0.2, 0) is 11.3 Å². The third-order valence-electron chi connectivity index (χ3n) is 4.10. The highest BCUT2D eigenvalue weighted by molar-refractivity contribution is 5.85. The van der Waals surface area contributed by atoms with Gasteiger partial charge in [0, 0.05) is 18.7 Å². The topological polar surface area (TPSA) is 80.7 Å². The third kappa shape index (κ3) is 4.70. The second-order valence-electron chi connectivity index (χ2n) is 6.12. The lowest BCUT2D eigenvalue weighted by Crippen LogP contribution is -2.17. The van der Waals surface area contributed by atoms with E-state index in [1.807, 2.05) is 25.1 Å². The molecule has 1 atom stereocenters. The van der Waals surface area contributed by atoms with Crippen LogP contribution in [0.15, 0.2) is 36.4 Å². The molecule has 0 aliphatic carbocycles. The molecular formula is C19H22N2O4. The van der Waals surface area contributed by atoms with Crippen molar-refractivity contribution in [2.45, 2.75) is 32.4 Å². The van der Waals surface area contributed by atoms with E-state index in [0.29, 0.717) is 19.0 Å². The second kappa shape index (κ2) is 7.98. The molecule has 6 nitrogen and oxygen atoms in total. The number of carboxylic acid groups (broad SMARTS) is 1. The van der Waals surface area contributed by atoms with Gasteiger partial charge in [0.1, 0.15) is 18.2 Å². The molecule has 0 saturated carbocycles.